The standard InChI is InChI=1S/C10H13N3O/c1-3-14-10-12-8-6-4-5-7(11)9(8)13(10)2/h4-6H,3,11H2,1-2H3. The molecule has 2 N–H and O–H groups in total. The van der Waals surface area contributed by atoms with Crippen molar-refractivity contribution >= 4 is 16.7 Å². The molecule has 2 rings (SSSR count). The number of aromatic nitrogens is 2. The molecule has 0 aliphatic carbocycles. The van der Waals surface area contributed by atoms with Gasteiger partial charge in [-0.15, -0.1) is 0 Å². The maximum Gasteiger partial charge on any atom is 0.297 e. The van der Waals surface area contributed by atoms with Gasteiger partial charge in [-0.3, -0.25) is 4.57 Å². The second kappa shape index (κ2) is 3.21. The molecule has 0 radical (unpaired) electrons. The van der Waals surface area contributed by atoms with Crippen LogP contribution in [0.1, 0.15) is 6.92 Å². The van der Waals surface area contributed by atoms with Gasteiger partial charge in [-0.05, 0) is 19.1 Å². The Bertz CT molecular complexity index is 462. The lowest BCUT2D eigenvalue weighted by molar-refractivity contribution is 0.304. The summed E-state index contributed by atoms with van der Waals surface area (Å²) >= 11 is 0. The van der Waals surface area contributed by atoms with Crippen molar-refractivity contribution in [2.75, 3.05) is 12.3 Å². The highest BCUT2D eigenvalue weighted by Crippen LogP contribution is 2.24. The molecule has 1 heterocycles. The van der Waals surface area contributed by atoms with E-state index >= 15 is 0 Å². The minimum Gasteiger partial charge on any atom is -0.465 e. The summed E-state index contributed by atoms with van der Waals surface area (Å²) in [5.74, 6) is 0. The molecule has 14 heavy (non-hydrogen) atoms. The summed E-state index contributed by atoms with van der Waals surface area (Å²) in [5.41, 5.74) is 8.37. The van der Waals surface area contributed by atoms with Gasteiger partial charge >= 0.3 is 0 Å². The van der Waals surface area contributed by atoms with Gasteiger partial charge in [-0.2, -0.15) is 4.98 Å². The Balaban J connectivity index is 2.68. The van der Waals surface area contributed by atoms with Crippen LogP contribution in [0, 0.1) is 0 Å². The van der Waals surface area contributed by atoms with Crippen LogP contribution in [0.15, 0.2) is 18.2 Å². The third kappa shape index (κ3) is 1.19. The van der Waals surface area contributed by atoms with E-state index in [1.54, 1.807) is 0 Å². The Morgan fingerprint density at radius 2 is 2.29 bits per heavy atom. The van der Waals surface area contributed by atoms with E-state index in [1.165, 1.54) is 0 Å². The van der Waals surface area contributed by atoms with Crippen LogP contribution in [0.2, 0.25) is 0 Å². The van der Waals surface area contributed by atoms with Crippen LogP contribution >= 0.6 is 0 Å². The number of imidazole rings is 1. The minimum absolute atomic E-state index is 0.608. The fourth-order valence-electron chi connectivity index (χ4n) is 1.54. The summed E-state index contributed by atoms with van der Waals surface area (Å²) < 4.78 is 7.24. The first-order chi connectivity index (χ1) is 6.74. The molecule has 0 atom stereocenters. The van der Waals surface area contributed by atoms with E-state index in [9.17, 15) is 0 Å². The largest absolute Gasteiger partial charge is 0.465 e. The molecule has 0 saturated carbocycles. The van der Waals surface area contributed by atoms with E-state index in [0.29, 0.717) is 12.6 Å². The topological polar surface area (TPSA) is 53.1 Å². The number of ether oxygens (including phenoxy) is 1. The third-order valence-corrected chi connectivity index (χ3v) is 2.16. The van der Waals surface area contributed by atoms with Gasteiger partial charge in [-0.25, -0.2) is 0 Å². The van der Waals surface area contributed by atoms with Crippen LogP contribution in [-0.4, -0.2) is 16.2 Å². The molecule has 4 heteroatoms. The Labute approximate surface area is 82.3 Å². The lowest BCUT2D eigenvalue weighted by Gasteiger charge is -2.02. The highest BCUT2D eigenvalue weighted by Gasteiger charge is 2.09. The molecule has 1 aromatic carbocycles. The molecule has 0 aliphatic rings. The van der Waals surface area contributed by atoms with Crippen LogP contribution in [0.4, 0.5) is 5.69 Å². The van der Waals surface area contributed by atoms with Gasteiger partial charge in [-0.1, -0.05) is 6.07 Å². The second-order valence-corrected chi connectivity index (χ2v) is 3.10. The van der Waals surface area contributed by atoms with Crippen LogP contribution in [-0.2, 0) is 7.05 Å². The quantitative estimate of drug-likeness (QED) is 0.733. The second-order valence-electron chi connectivity index (χ2n) is 3.10. The van der Waals surface area contributed by atoms with Crippen LogP contribution in [0.5, 0.6) is 6.01 Å². The molecule has 0 spiro atoms. The van der Waals surface area contributed by atoms with Crippen molar-refractivity contribution in [3.8, 4) is 6.01 Å². The summed E-state index contributed by atoms with van der Waals surface area (Å²) in [5, 5.41) is 0. The van der Waals surface area contributed by atoms with Crippen molar-refractivity contribution in [1.82, 2.24) is 9.55 Å². The molecule has 0 amide bonds. The predicted molar refractivity (Wildman–Crippen MR) is 56.3 cm³/mol. The first-order valence-corrected chi connectivity index (χ1v) is 4.57. The molecular weight excluding hydrogens is 178 g/mol. The Morgan fingerprint density at radius 1 is 1.50 bits per heavy atom. The number of benzene rings is 1. The number of rotatable bonds is 2. The van der Waals surface area contributed by atoms with Gasteiger partial charge in [0.05, 0.1) is 23.3 Å². The lowest BCUT2D eigenvalue weighted by atomic mass is 10.3. The molecule has 1 aromatic heterocycles. The number of nitrogens with two attached hydrogens (primary N) is 1. The summed E-state index contributed by atoms with van der Waals surface area (Å²) in [6, 6.07) is 6.29. The van der Waals surface area contributed by atoms with Crippen molar-refractivity contribution < 1.29 is 4.74 Å². The monoisotopic (exact) mass is 191 g/mol. The first-order valence-electron chi connectivity index (χ1n) is 4.57. The molecule has 2 aromatic rings. The summed E-state index contributed by atoms with van der Waals surface area (Å²) in [6.07, 6.45) is 0. The van der Waals surface area contributed by atoms with Crippen molar-refractivity contribution in [1.29, 1.82) is 0 Å². The summed E-state index contributed by atoms with van der Waals surface area (Å²) in [4.78, 5) is 4.32. The van der Waals surface area contributed by atoms with Gasteiger partial charge in [0.25, 0.3) is 6.01 Å². The predicted octanol–water partition coefficient (Wildman–Crippen LogP) is 1.55. The van der Waals surface area contributed by atoms with Gasteiger partial charge < -0.3 is 10.5 Å². The molecule has 0 fully saturated rings. The van der Waals surface area contributed by atoms with E-state index in [2.05, 4.69) is 4.98 Å². The van der Waals surface area contributed by atoms with Crippen molar-refractivity contribution in [2.24, 2.45) is 7.05 Å². The van der Waals surface area contributed by atoms with Gasteiger partial charge in [0.2, 0.25) is 0 Å². The molecule has 0 aliphatic heterocycles. The summed E-state index contributed by atoms with van der Waals surface area (Å²) in [6.45, 7) is 2.54. The van der Waals surface area contributed by atoms with Crippen LogP contribution in [0.3, 0.4) is 0 Å². The number of hydrogen-bond acceptors (Lipinski definition) is 3. The molecule has 4 nitrogen and oxygen atoms in total. The zero-order valence-electron chi connectivity index (χ0n) is 8.32. The average molecular weight is 191 g/mol. The van der Waals surface area contributed by atoms with E-state index < -0.39 is 0 Å². The molecule has 0 bridgehead atoms. The smallest absolute Gasteiger partial charge is 0.297 e. The Morgan fingerprint density at radius 3 is 2.93 bits per heavy atom. The molecule has 0 saturated heterocycles. The van der Waals surface area contributed by atoms with Crippen molar-refractivity contribution in [3.05, 3.63) is 18.2 Å². The molecule has 0 unspecified atom stereocenters. The van der Waals surface area contributed by atoms with Gasteiger partial charge in [0.1, 0.15) is 0 Å². The van der Waals surface area contributed by atoms with E-state index in [-0.39, 0.29) is 0 Å². The fraction of sp³-hybridized carbons (Fsp3) is 0.300. The maximum absolute atomic E-state index is 5.85. The average Bonchev–Trinajstić information content (AvgIpc) is 2.46. The van der Waals surface area contributed by atoms with E-state index in [1.807, 2.05) is 36.7 Å². The number of nitrogens with zero attached hydrogens (tertiary/aromatic N) is 2. The van der Waals surface area contributed by atoms with E-state index in [4.69, 9.17) is 10.5 Å². The van der Waals surface area contributed by atoms with Gasteiger partial charge in [0, 0.05) is 7.05 Å². The highest BCUT2D eigenvalue weighted by molar-refractivity contribution is 5.88. The molecular formula is C10H13N3O. The zero-order valence-corrected chi connectivity index (χ0v) is 8.32. The number of anilines is 1. The maximum atomic E-state index is 5.85. The highest BCUT2D eigenvalue weighted by atomic mass is 16.5. The first kappa shape index (κ1) is 8.87. The SMILES string of the molecule is CCOc1nc2cccc(N)c2n1C. The summed E-state index contributed by atoms with van der Waals surface area (Å²) in [7, 11) is 1.90. The van der Waals surface area contributed by atoms with Crippen LogP contribution < -0.4 is 10.5 Å². The van der Waals surface area contributed by atoms with Crippen molar-refractivity contribution in [2.45, 2.75) is 6.92 Å². The number of para-hydroxylation sites is 1. The van der Waals surface area contributed by atoms with Crippen LogP contribution in [0.25, 0.3) is 11.0 Å². The normalized spacial score (nSPS) is 10.7. The Kier molecular flexibility index (Phi) is 2.04. The van der Waals surface area contributed by atoms with Crippen molar-refractivity contribution in [3.63, 3.8) is 0 Å². The zero-order chi connectivity index (χ0) is 10.1. The number of nitrogen functional groups attached to an aromatic ring is 1. The lowest BCUT2D eigenvalue weighted by Crippen LogP contribution is -1.99. The number of fused-ring (bicyclic) bond motifs is 1. The third-order valence-electron chi connectivity index (χ3n) is 2.16. The minimum atomic E-state index is 0.608. The number of hydrogen-bond donors (Lipinski definition) is 1. The number of aryl methyl sites for hydroxylation is 1. The van der Waals surface area contributed by atoms with E-state index in [0.717, 1.165) is 16.7 Å². The van der Waals surface area contributed by atoms with Gasteiger partial charge in [0.15, 0.2) is 0 Å². The Hall–Kier alpha value is -1.71. The fourth-order valence-corrected chi connectivity index (χ4v) is 1.54. The molecule has 74 valence electrons.